The molecule has 1 aromatic heterocycles. The van der Waals surface area contributed by atoms with E-state index in [9.17, 15) is 0 Å². The maximum absolute atomic E-state index is 5.27. The Hall–Kier alpha value is -1.81. The van der Waals surface area contributed by atoms with Crippen molar-refractivity contribution in [1.29, 1.82) is 0 Å². The van der Waals surface area contributed by atoms with Crippen LogP contribution in [0.5, 0.6) is 5.75 Å². The molecule has 1 unspecified atom stereocenters. The van der Waals surface area contributed by atoms with Crippen LogP contribution in [0.25, 0.3) is 11.3 Å². The Morgan fingerprint density at radius 3 is 3.00 bits per heavy atom. The summed E-state index contributed by atoms with van der Waals surface area (Å²) in [6.45, 7) is 3.23. The smallest absolute Gasteiger partial charge is 0.119 e. The van der Waals surface area contributed by atoms with E-state index in [-0.39, 0.29) is 0 Å². The molecule has 0 bridgehead atoms. The van der Waals surface area contributed by atoms with E-state index in [2.05, 4.69) is 28.5 Å². The van der Waals surface area contributed by atoms with Crippen molar-refractivity contribution in [2.45, 2.75) is 25.8 Å². The van der Waals surface area contributed by atoms with Crippen molar-refractivity contribution in [1.82, 2.24) is 15.5 Å². The van der Waals surface area contributed by atoms with Crippen LogP contribution in [0.4, 0.5) is 0 Å². The van der Waals surface area contributed by atoms with Crippen LogP contribution in [0, 0.1) is 6.92 Å². The van der Waals surface area contributed by atoms with Crippen molar-refractivity contribution in [3.8, 4) is 17.0 Å². The first kappa shape index (κ1) is 12.2. The normalized spacial score (nSPS) is 18.7. The summed E-state index contributed by atoms with van der Waals surface area (Å²) < 4.78 is 5.27. The number of rotatable bonds is 3. The fraction of sp³-hybridized carbons (Fsp3) is 0.400. The van der Waals surface area contributed by atoms with Crippen LogP contribution >= 0.6 is 0 Å². The van der Waals surface area contributed by atoms with Crippen molar-refractivity contribution < 1.29 is 4.74 Å². The van der Waals surface area contributed by atoms with E-state index in [0.717, 1.165) is 23.6 Å². The van der Waals surface area contributed by atoms with Gasteiger partial charge in [-0.3, -0.25) is 5.10 Å². The SMILES string of the molecule is COc1cccc(-c2n[nH]c(C3CCCN3)c2C)c1. The molecule has 19 heavy (non-hydrogen) atoms. The summed E-state index contributed by atoms with van der Waals surface area (Å²) in [7, 11) is 1.68. The average Bonchev–Trinajstić information content (AvgIpc) is 3.08. The summed E-state index contributed by atoms with van der Waals surface area (Å²) >= 11 is 0. The number of aromatic amines is 1. The summed E-state index contributed by atoms with van der Waals surface area (Å²) in [5.74, 6) is 0.862. The molecule has 0 spiro atoms. The minimum absolute atomic E-state index is 0.423. The topological polar surface area (TPSA) is 49.9 Å². The molecule has 1 saturated heterocycles. The molecule has 1 fully saturated rings. The molecular formula is C15H19N3O. The summed E-state index contributed by atoms with van der Waals surface area (Å²) in [4.78, 5) is 0. The van der Waals surface area contributed by atoms with Gasteiger partial charge in [0.05, 0.1) is 18.5 Å². The number of methoxy groups -OCH3 is 1. The van der Waals surface area contributed by atoms with Crippen molar-refractivity contribution in [3.05, 3.63) is 35.5 Å². The molecule has 3 rings (SSSR count). The van der Waals surface area contributed by atoms with Gasteiger partial charge in [-0.2, -0.15) is 5.10 Å². The van der Waals surface area contributed by atoms with Gasteiger partial charge in [-0.15, -0.1) is 0 Å². The molecule has 0 radical (unpaired) electrons. The lowest BCUT2D eigenvalue weighted by Crippen LogP contribution is -2.14. The highest BCUT2D eigenvalue weighted by Crippen LogP contribution is 2.31. The number of hydrogen-bond donors (Lipinski definition) is 2. The number of H-pyrrole nitrogens is 1. The fourth-order valence-electron chi connectivity index (χ4n) is 2.73. The van der Waals surface area contributed by atoms with Gasteiger partial charge in [-0.1, -0.05) is 12.1 Å². The third-order valence-electron chi connectivity index (χ3n) is 3.80. The van der Waals surface area contributed by atoms with Gasteiger partial charge < -0.3 is 10.1 Å². The molecule has 2 heterocycles. The molecule has 100 valence electrons. The highest BCUT2D eigenvalue weighted by Gasteiger charge is 2.22. The van der Waals surface area contributed by atoms with Gasteiger partial charge in [-0.25, -0.2) is 0 Å². The van der Waals surface area contributed by atoms with Gasteiger partial charge in [0.15, 0.2) is 0 Å². The van der Waals surface area contributed by atoms with Crippen molar-refractivity contribution in [3.63, 3.8) is 0 Å². The van der Waals surface area contributed by atoms with Crippen LogP contribution in [0.3, 0.4) is 0 Å². The Balaban J connectivity index is 1.96. The van der Waals surface area contributed by atoms with E-state index >= 15 is 0 Å². The first-order chi connectivity index (χ1) is 9.29. The Morgan fingerprint density at radius 1 is 1.37 bits per heavy atom. The molecule has 1 aromatic carbocycles. The maximum atomic E-state index is 5.27. The van der Waals surface area contributed by atoms with E-state index in [1.54, 1.807) is 7.11 Å². The lowest BCUT2D eigenvalue weighted by molar-refractivity contribution is 0.415. The third kappa shape index (κ3) is 2.24. The van der Waals surface area contributed by atoms with Gasteiger partial charge in [0.25, 0.3) is 0 Å². The fourth-order valence-corrected chi connectivity index (χ4v) is 2.73. The summed E-state index contributed by atoms with van der Waals surface area (Å²) in [6.07, 6.45) is 2.41. The maximum Gasteiger partial charge on any atom is 0.119 e. The van der Waals surface area contributed by atoms with Crippen LogP contribution in [-0.2, 0) is 0 Å². The number of benzene rings is 1. The summed E-state index contributed by atoms with van der Waals surface area (Å²) in [5, 5.41) is 11.2. The first-order valence-corrected chi connectivity index (χ1v) is 6.72. The van der Waals surface area contributed by atoms with E-state index in [1.165, 1.54) is 24.1 Å². The molecule has 4 nitrogen and oxygen atoms in total. The Morgan fingerprint density at radius 2 is 2.26 bits per heavy atom. The summed E-state index contributed by atoms with van der Waals surface area (Å²) in [5.41, 5.74) is 4.56. The quantitative estimate of drug-likeness (QED) is 0.889. The first-order valence-electron chi connectivity index (χ1n) is 6.72. The summed E-state index contributed by atoms with van der Waals surface area (Å²) in [6, 6.07) is 8.46. The molecular weight excluding hydrogens is 238 g/mol. The van der Waals surface area contributed by atoms with Gasteiger partial charge in [-0.05, 0) is 44.0 Å². The molecule has 2 aromatic rings. The molecule has 0 aliphatic carbocycles. The zero-order valence-electron chi connectivity index (χ0n) is 11.4. The molecule has 4 heteroatoms. The lowest BCUT2D eigenvalue weighted by atomic mass is 10.0. The van der Waals surface area contributed by atoms with Gasteiger partial charge >= 0.3 is 0 Å². The van der Waals surface area contributed by atoms with Gasteiger partial charge in [0.2, 0.25) is 0 Å². The average molecular weight is 257 g/mol. The standard InChI is InChI=1S/C15H19N3O/c1-10-14(11-5-3-6-12(9-11)19-2)17-18-15(10)13-7-4-8-16-13/h3,5-6,9,13,16H,4,7-8H2,1-2H3,(H,17,18). The second kappa shape index (κ2) is 5.05. The van der Waals surface area contributed by atoms with Gasteiger partial charge in [0.1, 0.15) is 5.75 Å². The number of ether oxygens (including phenoxy) is 1. The largest absolute Gasteiger partial charge is 0.497 e. The zero-order valence-corrected chi connectivity index (χ0v) is 11.4. The number of nitrogens with one attached hydrogen (secondary N) is 2. The minimum atomic E-state index is 0.423. The van der Waals surface area contributed by atoms with Crippen LogP contribution in [-0.4, -0.2) is 23.9 Å². The van der Waals surface area contributed by atoms with E-state index in [4.69, 9.17) is 4.74 Å². The second-order valence-corrected chi connectivity index (χ2v) is 4.99. The monoisotopic (exact) mass is 257 g/mol. The van der Waals surface area contributed by atoms with Crippen LogP contribution in [0.15, 0.2) is 24.3 Å². The molecule has 2 N–H and O–H groups in total. The van der Waals surface area contributed by atoms with Crippen molar-refractivity contribution >= 4 is 0 Å². The van der Waals surface area contributed by atoms with Gasteiger partial charge in [0, 0.05) is 11.6 Å². The molecule has 1 atom stereocenters. The highest BCUT2D eigenvalue weighted by molar-refractivity contribution is 5.65. The Kier molecular flexibility index (Phi) is 3.25. The second-order valence-electron chi connectivity index (χ2n) is 4.99. The van der Waals surface area contributed by atoms with E-state index < -0.39 is 0 Å². The molecule has 0 saturated carbocycles. The zero-order chi connectivity index (χ0) is 13.2. The van der Waals surface area contributed by atoms with E-state index in [1.807, 2.05) is 18.2 Å². The Labute approximate surface area is 113 Å². The minimum Gasteiger partial charge on any atom is -0.497 e. The number of nitrogens with zero attached hydrogens (tertiary/aromatic N) is 1. The predicted molar refractivity (Wildman–Crippen MR) is 75.3 cm³/mol. The number of aromatic nitrogens is 2. The lowest BCUT2D eigenvalue weighted by Gasteiger charge is -2.09. The van der Waals surface area contributed by atoms with Crippen LogP contribution in [0.1, 0.15) is 30.1 Å². The number of hydrogen-bond acceptors (Lipinski definition) is 3. The van der Waals surface area contributed by atoms with Crippen molar-refractivity contribution in [2.24, 2.45) is 0 Å². The van der Waals surface area contributed by atoms with Crippen LogP contribution in [0.2, 0.25) is 0 Å². The predicted octanol–water partition coefficient (Wildman–Crippen LogP) is 2.82. The Bertz CT molecular complexity index is 571. The van der Waals surface area contributed by atoms with Crippen molar-refractivity contribution in [2.75, 3.05) is 13.7 Å². The molecule has 0 amide bonds. The third-order valence-corrected chi connectivity index (χ3v) is 3.80. The molecule has 1 aliphatic rings. The molecule has 1 aliphatic heterocycles. The highest BCUT2D eigenvalue weighted by atomic mass is 16.5. The van der Waals surface area contributed by atoms with E-state index in [0.29, 0.717) is 6.04 Å². The van der Waals surface area contributed by atoms with Crippen LogP contribution < -0.4 is 10.1 Å².